The largest absolute Gasteiger partial charge is 0.236 e. The van der Waals surface area contributed by atoms with Crippen LogP contribution in [0, 0.1) is 0 Å². The number of hydrogen-bond donors (Lipinski definition) is 0. The Morgan fingerprint density at radius 2 is 1.93 bits per heavy atom. The van der Waals surface area contributed by atoms with Crippen LogP contribution >= 0.6 is 11.3 Å². The number of para-hydroxylation sites is 1. The number of thiophene rings is 1. The van der Waals surface area contributed by atoms with Crippen molar-refractivity contribution < 1.29 is 0 Å². The number of hydrogen-bond acceptors (Lipinski definition) is 3. The molecule has 0 radical (unpaired) electrons. The molecule has 2 heterocycles. The summed E-state index contributed by atoms with van der Waals surface area (Å²) in [5.41, 5.74) is 3.18. The predicted octanol–water partition coefficient (Wildman–Crippen LogP) is 3.36. The molecule has 0 aliphatic rings. The van der Waals surface area contributed by atoms with E-state index >= 15 is 0 Å². The van der Waals surface area contributed by atoms with Crippen LogP contribution in [-0.4, -0.2) is 9.97 Å². The van der Waals surface area contributed by atoms with Gasteiger partial charge in [0, 0.05) is 16.3 Å². The molecule has 2 aromatic heterocycles. The Kier molecular flexibility index (Phi) is 1.96. The topological polar surface area (TPSA) is 25.8 Å². The van der Waals surface area contributed by atoms with Crippen LogP contribution in [0.1, 0.15) is 0 Å². The molecule has 0 amide bonds. The van der Waals surface area contributed by atoms with Gasteiger partial charge in [-0.05, 0) is 17.5 Å². The minimum atomic E-state index is 0.994. The first-order chi connectivity index (χ1) is 7.45. The molecule has 3 rings (SSSR count). The molecule has 2 nitrogen and oxygen atoms in total. The molecular weight excluding hydrogens is 204 g/mol. The fraction of sp³-hybridized carbons (Fsp3) is 0. The van der Waals surface area contributed by atoms with Gasteiger partial charge in [0.25, 0.3) is 0 Å². The van der Waals surface area contributed by atoms with E-state index in [2.05, 4.69) is 32.9 Å². The van der Waals surface area contributed by atoms with Crippen LogP contribution in [0.5, 0.6) is 0 Å². The summed E-state index contributed by atoms with van der Waals surface area (Å²) in [6.07, 6.45) is 1.62. The first-order valence-corrected chi connectivity index (χ1v) is 5.62. The summed E-state index contributed by atoms with van der Waals surface area (Å²) >= 11 is 1.68. The summed E-state index contributed by atoms with van der Waals surface area (Å²) in [6.45, 7) is 0. The second kappa shape index (κ2) is 3.44. The molecule has 0 bridgehead atoms. The molecule has 0 fully saturated rings. The lowest BCUT2D eigenvalue weighted by atomic mass is 10.1. The van der Waals surface area contributed by atoms with Gasteiger partial charge in [-0.15, -0.1) is 0 Å². The fourth-order valence-electron chi connectivity index (χ4n) is 1.63. The van der Waals surface area contributed by atoms with Crippen molar-refractivity contribution in [3.05, 3.63) is 47.4 Å². The summed E-state index contributed by atoms with van der Waals surface area (Å²) in [4.78, 5) is 8.59. The molecule has 0 unspecified atom stereocenters. The molecular formula is C12H8N2S. The summed E-state index contributed by atoms with van der Waals surface area (Å²) in [7, 11) is 0. The Bertz CT molecular complexity index is 582. The van der Waals surface area contributed by atoms with Crippen molar-refractivity contribution in [1.29, 1.82) is 0 Å². The van der Waals surface area contributed by atoms with Gasteiger partial charge in [0.05, 0.1) is 11.2 Å². The average Bonchev–Trinajstić information content (AvgIpc) is 2.82. The first-order valence-electron chi connectivity index (χ1n) is 4.67. The zero-order valence-electron chi connectivity index (χ0n) is 7.92. The van der Waals surface area contributed by atoms with Crippen molar-refractivity contribution in [2.24, 2.45) is 0 Å². The quantitative estimate of drug-likeness (QED) is 0.618. The Hall–Kier alpha value is -1.74. The van der Waals surface area contributed by atoms with Gasteiger partial charge < -0.3 is 0 Å². The van der Waals surface area contributed by atoms with Gasteiger partial charge in [-0.3, -0.25) is 0 Å². The van der Waals surface area contributed by atoms with Crippen LogP contribution in [0.2, 0.25) is 0 Å². The maximum Gasteiger partial charge on any atom is 0.116 e. The molecule has 0 saturated heterocycles. The fourth-order valence-corrected chi connectivity index (χ4v) is 2.27. The zero-order chi connectivity index (χ0) is 10.1. The summed E-state index contributed by atoms with van der Waals surface area (Å²) in [5.74, 6) is 0. The Morgan fingerprint density at radius 1 is 1.00 bits per heavy atom. The number of fused-ring (bicyclic) bond motifs is 1. The van der Waals surface area contributed by atoms with Crippen LogP contribution in [0.3, 0.4) is 0 Å². The van der Waals surface area contributed by atoms with Crippen LogP contribution in [0.25, 0.3) is 22.2 Å². The van der Waals surface area contributed by atoms with E-state index in [4.69, 9.17) is 0 Å². The van der Waals surface area contributed by atoms with Crippen LogP contribution in [-0.2, 0) is 0 Å². The Morgan fingerprint density at radius 3 is 2.80 bits per heavy atom. The maximum absolute atomic E-state index is 4.34. The standard InChI is InChI=1S/C12H8N2S/c1-2-4-11-10(3-1)12(14-8-13-11)9-5-6-15-7-9/h1-8H. The summed E-state index contributed by atoms with van der Waals surface area (Å²) in [6, 6.07) is 10.2. The van der Waals surface area contributed by atoms with Gasteiger partial charge in [0.1, 0.15) is 6.33 Å². The van der Waals surface area contributed by atoms with Crippen LogP contribution in [0.15, 0.2) is 47.4 Å². The third-order valence-corrected chi connectivity index (χ3v) is 3.02. The highest BCUT2D eigenvalue weighted by molar-refractivity contribution is 7.08. The lowest BCUT2D eigenvalue weighted by Gasteiger charge is -2.01. The molecule has 3 heteroatoms. The van der Waals surface area contributed by atoms with E-state index in [1.165, 1.54) is 5.56 Å². The van der Waals surface area contributed by atoms with E-state index in [0.717, 1.165) is 16.6 Å². The van der Waals surface area contributed by atoms with Crippen molar-refractivity contribution in [2.45, 2.75) is 0 Å². The second-order valence-electron chi connectivity index (χ2n) is 3.25. The van der Waals surface area contributed by atoms with Crippen molar-refractivity contribution in [2.75, 3.05) is 0 Å². The van der Waals surface area contributed by atoms with Gasteiger partial charge in [-0.1, -0.05) is 18.2 Å². The van der Waals surface area contributed by atoms with Gasteiger partial charge in [0.2, 0.25) is 0 Å². The van der Waals surface area contributed by atoms with Crippen molar-refractivity contribution >= 4 is 22.2 Å². The van der Waals surface area contributed by atoms with Crippen molar-refractivity contribution in [3.63, 3.8) is 0 Å². The summed E-state index contributed by atoms with van der Waals surface area (Å²) in [5, 5.41) is 5.28. The number of rotatable bonds is 1. The number of nitrogens with zero attached hydrogens (tertiary/aromatic N) is 2. The first kappa shape index (κ1) is 8.56. The van der Waals surface area contributed by atoms with E-state index in [0.29, 0.717) is 0 Å². The third-order valence-electron chi connectivity index (χ3n) is 2.34. The van der Waals surface area contributed by atoms with Crippen molar-refractivity contribution in [1.82, 2.24) is 9.97 Å². The van der Waals surface area contributed by atoms with Crippen LogP contribution in [0.4, 0.5) is 0 Å². The molecule has 0 aliphatic carbocycles. The smallest absolute Gasteiger partial charge is 0.116 e. The normalized spacial score (nSPS) is 10.7. The monoisotopic (exact) mass is 212 g/mol. The van der Waals surface area contributed by atoms with Gasteiger partial charge >= 0.3 is 0 Å². The minimum Gasteiger partial charge on any atom is -0.236 e. The van der Waals surface area contributed by atoms with Gasteiger partial charge in [-0.2, -0.15) is 11.3 Å². The van der Waals surface area contributed by atoms with Gasteiger partial charge in [-0.25, -0.2) is 9.97 Å². The molecule has 15 heavy (non-hydrogen) atoms. The summed E-state index contributed by atoms with van der Waals surface area (Å²) < 4.78 is 0. The number of benzene rings is 1. The zero-order valence-corrected chi connectivity index (χ0v) is 8.74. The molecule has 1 aromatic carbocycles. The van der Waals surface area contributed by atoms with E-state index in [1.54, 1.807) is 17.7 Å². The highest BCUT2D eigenvalue weighted by atomic mass is 32.1. The molecule has 0 saturated carbocycles. The molecule has 0 N–H and O–H groups in total. The molecule has 0 atom stereocenters. The molecule has 72 valence electrons. The predicted molar refractivity (Wildman–Crippen MR) is 62.9 cm³/mol. The molecule has 0 spiro atoms. The number of aromatic nitrogens is 2. The van der Waals surface area contributed by atoms with Crippen molar-refractivity contribution in [3.8, 4) is 11.3 Å². The van der Waals surface area contributed by atoms with Gasteiger partial charge in [0.15, 0.2) is 0 Å². The highest BCUT2D eigenvalue weighted by Gasteiger charge is 2.04. The average molecular weight is 212 g/mol. The van der Waals surface area contributed by atoms with E-state index < -0.39 is 0 Å². The lowest BCUT2D eigenvalue weighted by molar-refractivity contribution is 1.23. The van der Waals surface area contributed by atoms with E-state index in [1.807, 2.05) is 18.2 Å². The van der Waals surface area contributed by atoms with E-state index in [-0.39, 0.29) is 0 Å². The third kappa shape index (κ3) is 1.41. The van der Waals surface area contributed by atoms with Crippen LogP contribution < -0.4 is 0 Å². The minimum absolute atomic E-state index is 0.994. The Balaban J connectivity index is 2.36. The lowest BCUT2D eigenvalue weighted by Crippen LogP contribution is -1.86. The van der Waals surface area contributed by atoms with E-state index in [9.17, 15) is 0 Å². The maximum atomic E-state index is 4.34. The highest BCUT2D eigenvalue weighted by Crippen LogP contribution is 2.26. The molecule has 0 aliphatic heterocycles. The SMILES string of the molecule is c1ccc2c(-c3ccsc3)ncnc2c1. The second-order valence-corrected chi connectivity index (χ2v) is 4.03. The molecule has 3 aromatic rings. The Labute approximate surface area is 91.2 Å².